The minimum Gasteiger partial charge on any atom is -0.459 e. The van der Waals surface area contributed by atoms with Crippen molar-refractivity contribution in [2.24, 2.45) is 11.5 Å². The molecule has 0 aliphatic heterocycles. The molecule has 0 fully saturated rings. The lowest BCUT2D eigenvalue weighted by atomic mass is 10.1. The number of amides is 2. The summed E-state index contributed by atoms with van der Waals surface area (Å²) >= 11 is 0. The van der Waals surface area contributed by atoms with Crippen LogP contribution >= 0.6 is 0 Å². The van der Waals surface area contributed by atoms with Crippen molar-refractivity contribution >= 4 is 23.8 Å². The summed E-state index contributed by atoms with van der Waals surface area (Å²) in [7, 11) is 0. The average molecular weight is 569 g/mol. The summed E-state index contributed by atoms with van der Waals surface area (Å²) in [6, 6.07) is 17.0. The number of rotatable bonds is 20. The highest BCUT2D eigenvalue weighted by Gasteiger charge is 2.24. The average Bonchev–Trinajstić information content (AvgIpc) is 2.99. The zero-order valence-corrected chi connectivity index (χ0v) is 23.7. The second-order valence-electron chi connectivity index (χ2n) is 9.85. The zero-order chi connectivity index (χ0) is 29.7. The first-order valence-corrected chi connectivity index (χ1v) is 14.3. The maximum absolute atomic E-state index is 12.7. The van der Waals surface area contributed by atoms with E-state index in [1.165, 1.54) is 0 Å². The molecule has 0 radical (unpaired) electrons. The fourth-order valence-corrected chi connectivity index (χ4v) is 4.08. The fourth-order valence-electron chi connectivity index (χ4n) is 4.08. The van der Waals surface area contributed by atoms with Gasteiger partial charge in [-0.3, -0.25) is 9.59 Å². The van der Waals surface area contributed by atoms with Crippen LogP contribution in [0.1, 0.15) is 68.9 Å². The maximum Gasteiger partial charge on any atom is 0.328 e. The van der Waals surface area contributed by atoms with Crippen molar-refractivity contribution < 1.29 is 28.7 Å². The third-order valence-corrected chi connectivity index (χ3v) is 6.39. The topological polar surface area (TPSA) is 163 Å². The molecule has 0 bridgehead atoms. The van der Waals surface area contributed by atoms with Gasteiger partial charge >= 0.3 is 11.9 Å². The highest BCUT2D eigenvalue weighted by atomic mass is 16.5. The molecule has 2 aromatic rings. The summed E-state index contributed by atoms with van der Waals surface area (Å²) in [5, 5.41) is 5.48. The molecule has 10 nitrogen and oxygen atoms in total. The summed E-state index contributed by atoms with van der Waals surface area (Å²) in [6.45, 7) is 1.20. The van der Waals surface area contributed by atoms with Crippen LogP contribution in [0.2, 0.25) is 0 Å². The molecule has 0 aliphatic rings. The first-order chi connectivity index (χ1) is 19.9. The molecule has 0 saturated carbocycles. The van der Waals surface area contributed by atoms with Gasteiger partial charge < -0.3 is 31.6 Å². The van der Waals surface area contributed by atoms with Crippen LogP contribution in [0.3, 0.4) is 0 Å². The van der Waals surface area contributed by atoms with Crippen molar-refractivity contribution in [2.45, 2.75) is 83.1 Å². The molecule has 2 unspecified atom stereocenters. The SMILES string of the molecule is NCCCCC(NC(=O)CCCC(=O)NC(CCCCN)C(=O)OCc1ccccc1)C(=O)OCc1ccccc1. The van der Waals surface area contributed by atoms with Crippen LogP contribution in [0.5, 0.6) is 0 Å². The Kier molecular flexibility index (Phi) is 16.5. The van der Waals surface area contributed by atoms with Crippen molar-refractivity contribution in [1.29, 1.82) is 0 Å². The Labute approximate surface area is 242 Å². The molecule has 10 heteroatoms. The van der Waals surface area contributed by atoms with Gasteiger partial charge in [-0.05, 0) is 69.2 Å². The number of carbonyl (C=O) groups is 4. The fraction of sp³-hybridized carbons (Fsp3) is 0.484. The van der Waals surface area contributed by atoms with Gasteiger partial charge in [-0.25, -0.2) is 9.59 Å². The Balaban J connectivity index is 1.81. The van der Waals surface area contributed by atoms with Gasteiger partial charge in [-0.2, -0.15) is 0 Å². The Morgan fingerprint density at radius 3 is 1.34 bits per heavy atom. The Morgan fingerprint density at radius 2 is 0.976 bits per heavy atom. The second kappa shape index (κ2) is 20.2. The highest BCUT2D eigenvalue weighted by Crippen LogP contribution is 2.09. The van der Waals surface area contributed by atoms with Gasteiger partial charge in [-0.15, -0.1) is 0 Å². The lowest BCUT2D eigenvalue weighted by Crippen LogP contribution is -2.42. The Morgan fingerprint density at radius 1 is 0.585 bits per heavy atom. The van der Waals surface area contributed by atoms with Crippen LogP contribution in [0.25, 0.3) is 0 Å². The van der Waals surface area contributed by atoms with Gasteiger partial charge in [0.25, 0.3) is 0 Å². The summed E-state index contributed by atoms with van der Waals surface area (Å²) in [5.74, 6) is -1.72. The van der Waals surface area contributed by atoms with E-state index in [0.29, 0.717) is 38.8 Å². The number of carbonyl (C=O) groups excluding carboxylic acids is 4. The van der Waals surface area contributed by atoms with Crippen LogP contribution in [0.15, 0.2) is 60.7 Å². The summed E-state index contributed by atoms with van der Waals surface area (Å²) < 4.78 is 10.8. The number of nitrogens with one attached hydrogen (secondary N) is 2. The smallest absolute Gasteiger partial charge is 0.328 e. The normalized spacial score (nSPS) is 12.1. The van der Waals surface area contributed by atoms with E-state index in [9.17, 15) is 19.2 Å². The van der Waals surface area contributed by atoms with Crippen molar-refractivity contribution in [3.05, 3.63) is 71.8 Å². The predicted octanol–water partition coefficient (Wildman–Crippen LogP) is 2.87. The van der Waals surface area contributed by atoms with Crippen molar-refractivity contribution in [3.8, 4) is 0 Å². The Bertz CT molecular complexity index is 968. The molecular weight excluding hydrogens is 524 g/mol. The molecular formula is C31H44N4O6. The molecule has 2 aromatic carbocycles. The molecule has 41 heavy (non-hydrogen) atoms. The third-order valence-electron chi connectivity index (χ3n) is 6.39. The molecule has 224 valence electrons. The van der Waals surface area contributed by atoms with Gasteiger partial charge in [0.1, 0.15) is 25.3 Å². The third kappa shape index (κ3) is 14.4. The minimum absolute atomic E-state index is 0.0447. The first-order valence-electron chi connectivity index (χ1n) is 14.3. The molecule has 2 amide bonds. The summed E-state index contributed by atoms with van der Waals surface area (Å²) in [5.41, 5.74) is 12.9. The zero-order valence-electron chi connectivity index (χ0n) is 23.7. The molecule has 0 aliphatic carbocycles. The number of ether oxygens (including phenoxy) is 2. The van der Waals surface area contributed by atoms with E-state index >= 15 is 0 Å². The largest absolute Gasteiger partial charge is 0.459 e. The van der Waals surface area contributed by atoms with E-state index in [0.717, 1.165) is 24.0 Å². The van der Waals surface area contributed by atoms with Crippen molar-refractivity contribution in [1.82, 2.24) is 10.6 Å². The molecule has 6 N–H and O–H groups in total. The van der Waals surface area contributed by atoms with Crippen molar-refractivity contribution in [3.63, 3.8) is 0 Å². The van der Waals surface area contributed by atoms with Gasteiger partial charge in [0, 0.05) is 12.8 Å². The van der Waals surface area contributed by atoms with E-state index in [4.69, 9.17) is 20.9 Å². The molecule has 0 spiro atoms. The molecule has 0 saturated heterocycles. The number of nitrogens with two attached hydrogens (primary N) is 2. The first kappa shape index (κ1) is 33.4. The number of unbranched alkanes of at least 4 members (excludes halogenated alkanes) is 2. The van der Waals surface area contributed by atoms with Crippen LogP contribution in [0, 0.1) is 0 Å². The number of hydrogen-bond donors (Lipinski definition) is 4. The molecule has 2 atom stereocenters. The quantitative estimate of drug-likeness (QED) is 0.140. The maximum atomic E-state index is 12.7. The van der Waals surface area contributed by atoms with Crippen LogP contribution < -0.4 is 22.1 Å². The van der Waals surface area contributed by atoms with E-state index in [1.807, 2.05) is 60.7 Å². The van der Waals surface area contributed by atoms with E-state index in [1.54, 1.807) is 0 Å². The molecule has 0 aromatic heterocycles. The standard InChI is InChI=1S/C31H44N4O6/c32-20-9-7-16-26(30(38)40-22-24-12-3-1-4-13-24)34-28(36)18-11-19-29(37)35-27(17-8-10-21-33)31(39)41-23-25-14-5-2-6-15-25/h1-6,12-15,26-27H,7-11,16-23,32-33H2,(H,34,36)(H,35,37). The van der Waals surface area contributed by atoms with Crippen LogP contribution in [0.4, 0.5) is 0 Å². The number of hydrogen-bond acceptors (Lipinski definition) is 8. The summed E-state index contributed by atoms with van der Waals surface area (Å²) in [6.07, 6.45) is 3.93. The second-order valence-corrected chi connectivity index (χ2v) is 9.85. The number of benzene rings is 2. The van der Waals surface area contributed by atoms with Crippen LogP contribution in [-0.2, 0) is 41.9 Å². The van der Waals surface area contributed by atoms with E-state index in [2.05, 4.69) is 10.6 Å². The molecule has 2 rings (SSSR count). The van der Waals surface area contributed by atoms with E-state index in [-0.39, 0.29) is 44.3 Å². The van der Waals surface area contributed by atoms with Gasteiger partial charge in [0.15, 0.2) is 0 Å². The molecule has 0 heterocycles. The lowest BCUT2D eigenvalue weighted by molar-refractivity contribution is -0.149. The summed E-state index contributed by atoms with van der Waals surface area (Å²) in [4.78, 5) is 50.6. The van der Waals surface area contributed by atoms with Gasteiger partial charge in [0.05, 0.1) is 0 Å². The van der Waals surface area contributed by atoms with Gasteiger partial charge in [-0.1, -0.05) is 60.7 Å². The Hall–Kier alpha value is -3.76. The van der Waals surface area contributed by atoms with E-state index < -0.39 is 24.0 Å². The van der Waals surface area contributed by atoms with Crippen LogP contribution in [-0.4, -0.2) is 48.9 Å². The minimum atomic E-state index is -0.794. The predicted molar refractivity (Wildman–Crippen MR) is 156 cm³/mol. The lowest BCUT2D eigenvalue weighted by Gasteiger charge is -2.19. The monoisotopic (exact) mass is 568 g/mol. The number of esters is 2. The highest BCUT2D eigenvalue weighted by molar-refractivity contribution is 5.86. The van der Waals surface area contributed by atoms with Crippen molar-refractivity contribution in [2.75, 3.05) is 13.1 Å². The van der Waals surface area contributed by atoms with Gasteiger partial charge in [0.2, 0.25) is 11.8 Å².